The van der Waals surface area contributed by atoms with E-state index in [1.807, 2.05) is 13.8 Å². The Balaban J connectivity index is -0.0000000186. The first-order valence-corrected chi connectivity index (χ1v) is 3.88. The van der Waals surface area contributed by atoms with E-state index < -0.39 is 5.78 Å². The summed E-state index contributed by atoms with van der Waals surface area (Å²) in [7, 11) is 1.00. The summed E-state index contributed by atoms with van der Waals surface area (Å²) in [5.41, 5.74) is 0. The third-order valence-corrected chi connectivity index (χ3v) is 0.166. The van der Waals surface area contributed by atoms with Crippen molar-refractivity contribution in [1.82, 2.24) is 0 Å². The number of aliphatic hydroxyl groups excluding tert-OH is 1. The number of hydrogen-bond acceptors (Lipinski definition) is 4. The first kappa shape index (κ1) is 37.0. The number of aliphatic hydroxyl groups is 1. The molecule has 0 heterocycles. The zero-order valence-corrected chi connectivity index (χ0v) is 9.25. The molecule has 0 saturated carbocycles. The fourth-order valence-electron chi connectivity index (χ4n) is 0. The normalized spacial score (nSPS) is 4.73. The molecule has 4 heteroatoms. The van der Waals surface area contributed by atoms with Crippen LogP contribution in [0.3, 0.4) is 0 Å². The minimum Gasteiger partial charge on any atom is -0.400 e. The van der Waals surface area contributed by atoms with Gasteiger partial charge in [-0.15, -0.1) is 0 Å². The molecule has 0 aliphatic rings. The van der Waals surface area contributed by atoms with Gasteiger partial charge in [0.25, 0.3) is 0 Å². The van der Waals surface area contributed by atoms with Crippen molar-refractivity contribution in [1.29, 1.82) is 0 Å². The molecule has 4 nitrogen and oxygen atoms in total. The van der Waals surface area contributed by atoms with Crippen molar-refractivity contribution in [3.8, 4) is 0 Å². The molecule has 0 aromatic heterocycles. The van der Waals surface area contributed by atoms with Gasteiger partial charge in [0.05, 0.1) is 0 Å². The lowest BCUT2D eigenvalue weighted by molar-refractivity contribution is -0.128. The fraction of sp³-hybridized carbons (Fsp3) is 0.727. The highest BCUT2D eigenvalue weighted by Gasteiger charge is 1.76. The van der Waals surface area contributed by atoms with Crippen molar-refractivity contribution in [2.45, 2.75) is 49.5 Å². The Bertz CT molecular complexity index is 116. The molecule has 0 aliphatic carbocycles. The molecule has 96 valence electrons. The summed E-state index contributed by atoms with van der Waals surface area (Å²) in [5.74, 6) is -0.259. The minimum absolute atomic E-state index is 0. The highest BCUT2D eigenvalue weighted by atomic mass is 16.2. The molecule has 15 heavy (non-hydrogen) atoms. The molecular formula is C11H28O4. The number of rotatable bonds is 1. The molecule has 0 saturated heterocycles. The van der Waals surface area contributed by atoms with Crippen LogP contribution < -0.4 is 0 Å². The molecule has 0 aliphatic heterocycles. The average Bonchev–Trinajstić information content (AvgIpc) is 2.10. The second-order valence-corrected chi connectivity index (χ2v) is 1.64. The molecule has 0 amide bonds. The maximum atomic E-state index is 9.44. The Labute approximate surface area is 94.7 Å². The van der Waals surface area contributed by atoms with E-state index in [0.717, 1.165) is 7.11 Å². The zero-order valence-electron chi connectivity index (χ0n) is 9.25. The van der Waals surface area contributed by atoms with Crippen molar-refractivity contribution >= 4 is 17.9 Å². The molecule has 0 rings (SSSR count). The molecule has 0 bridgehead atoms. The topological polar surface area (TPSA) is 71.4 Å². The van der Waals surface area contributed by atoms with Crippen LogP contribution in [0.1, 0.15) is 49.5 Å². The SMILES string of the molecule is C.C.CC.CC(=O)C=O.CC(C)=O.CO. The van der Waals surface area contributed by atoms with Crippen LogP contribution in [-0.2, 0) is 14.4 Å². The van der Waals surface area contributed by atoms with Gasteiger partial charge < -0.3 is 9.90 Å². The Morgan fingerprint density at radius 1 is 0.933 bits per heavy atom. The first-order valence-electron chi connectivity index (χ1n) is 3.88. The summed E-state index contributed by atoms with van der Waals surface area (Å²) in [6, 6.07) is 0. The van der Waals surface area contributed by atoms with Crippen LogP contribution in [0.25, 0.3) is 0 Å². The van der Waals surface area contributed by atoms with Crippen LogP contribution in [0.15, 0.2) is 0 Å². The third kappa shape index (κ3) is 1660. The van der Waals surface area contributed by atoms with Gasteiger partial charge >= 0.3 is 0 Å². The number of carbonyl (C=O) groups is 3. The van der Waals surface area contributed by atoms with E-state index in [1.165, 1.54) is 20.8 Å². The zero-order chi connectivity index (χ0) is 11.9. The largest absolute Gasteiger partial charge is 0.400 e. The lowest BCUT2D eigenvalue weighted by Crippen LogP contribution is -1.85. The van der Waals surface area contributed by atoms with E-state index >= 15 is 0 Å². The standard InChI is InChI=1S/C3H4O2.C3H6O.C2H6.CH4O.2CH4/c1-3(5)2-4;1-3(2)4;2*1-2;;/h2H,1H3;1-2H3;1-2H3;2H,1H3;2*1H4. The Morgan fingerprint density at radius 2 is 1.00 bits per heavy atom. The number of carbonyl (C=O) groups excluding carboxylic acids is 3. The highest BCUT2D eigenvalue weighted by Crippen LogP contribution is 1.50. The van der Waals surface area contributed by atoms with E-state index in [2.05, 4.69) is 0 Å². The van der Waals surface area contributed by atoms with Crippen molar-refractivity contribution in [3.05, 3.63) is 0 Å². The monoisotopic (exact) mass is 224 g/mol. The molecule has 0 fully saturated rings. The third-order valence-electron chi connectivity index (χ3n) is 0.166. The number of hydrogen-bond donors (Lipinski definition) is 1. The van der Waals surface area contributed by atoms with Crippen LogP contribution in [0.4, 0.5) is 0 Å². The van der Waals surface area contributed by atoms with E-state index in [9.17, 15) is 9.59 Å². The number of Topliss-reactive ketones (excluding diaryl/α,β-unsaturated/α-hetero) is 2. The quantitative estimate of drug-likeness (QED) is 0.548. The smallest absolute Gasteiger partial charge is 0.192 e. The van der Waals surface area contributed by atoms with Gasteiger partial charge in [0.2, 0.25) is 0 Å². The van der Waals surface area contributed by atoms with Gasteiger partial charge in [0.1, 0.15) is 5.78 Å². The Kier molecular flexibility index (Phi) is 129. The number of ketones is 2. The predicted octanol–water partition coefficient (Wildman–Crippen LogP) is 2.28. The molecule has 0 unspecified atom stereocenters. The van der Waals surface area contributed by atoms with Crippen molar-refractivity contribution in [2.24, 2.45) is 0 Å². The van der Waals surface area contributed by atoms with Crippen LogP contribution in [0.5, 0.6) is 0 Å². The first-order chi connectivity index (χ1) is 6.00. The van der Waals surface area contributed by atoms with Gasteiger partial charge in [-0.05, 0) is 13.8 Å². The Morgan fingerprint density at radius 3 is 1.00 bits per heavy atom. The lowest BCUT2D eigenvalue weighted by atomic mass is 10.5. The minimum atomic E-state index is -0.426. The Hall–Kier alpha value is -1.03. The summed E-state index contributed by atoms with van der Waals surface area (Å²) in [6.45, 7) is 8.27. The highest BCUT2D eigenvalue weighted by molar-refractivity contribution is 6.23. The summed E-state index contributed by atoms with van der Waals surface area (Å²) in [4.78, 5) is 28.0. The molecular weight excluding hydrogens is 196 g/mol. The van der Waals surface area contributed by atoms with E-state index in [1.54, 1.807) is 0 Å². The van der Waals surface area contributed by atoms with Gasteiger partial charge in [0, 0.05) is 14.0 Å². The van der Waals surface area contributed by atoms with E-state index in [0.29, 0.717) is 0 Å². The molecule has 0 spiro atoms. The summed E-state index contributed by atoms with van der Waals surface area (Å²) in [6.07, 6.45) is 0.278. The van der Waals surface area contributed by atoms with Crippen LogP contribution in [0, 0.1) is 0 Å². The number of aldehydes is 1. The molecule has 1 N–H and O–H groups in total. The maximum Gasteiger partial charge on any atom is 0.192 e. The fourth-order valence-corrected chi connectivity index (χ4v) is 0. The second-order valence-electron chi connectivity index (χ2n) is 1.64. The second kappa shape index (κ2) is 52.1. The van der Waals surface area contributed by atoms with Crippen molar-refractivity contribution in [2.75, 3.05) is 7.11 Å². The summed E-state index contributed by atoms with van der Waals surface area (Å²) in [5, 5.41) is 7.00. The van der Waals surface area contributed by atoms with Gasteiger partial charge in [-0.3, -0.25) is 9.59 Å². The summed E-state index contributed by atoms with van der Waals surface area (Å²) >= 11 is 0. The molecule has 0 aromatic rings. The van der Waals surface area contributed by atoms with E-state index in [-0.39, 0.29) is 26.9 Å². The van der Waals surface area contributed by atoms with Gasteiger partial charge in [-0.1, -0.05) is 28.7 Å². The van der Waals surface area contributed by atoms with Gasteiger partial charge in [-0.25, -0.2) is 0 Å². The van der Waals surface area contributed by atoms with Crippen LogP contribution >= 0.6 is 0 Å². The summed E-state index contributed by atoms with van der Waals surface area (Å²) < 4.78 is 0. The van der Waals surface area contributed by atoms with Gasteiger partial charge in [-0.2, -0.15) is 0 Å². The van der Waals surface area contributed by atoms with E-state index in [4.69, 9.17) is 9.90 Å². The van der Waals surface area contributed by atoms with Crippen LogP contribution in [0.2, 0.25) is 0 Å². The molecule has 0 aromatic carbocycles. The average molecular weight is 224 g/mol. The van der Waals surface area contributed by atoms with Crippen molar-refractivity contribution < 1.29 is 19.5 Å². The van der Waals surface area contributed by atoms with Crippen molar-refractivity contribution in [3.63, 3.8) is 0 Å². The maximum absolute atomic E-state index is 9.44. The predicted molar refractivity (Wildman–Crippen MR) is 66.1 cm³/mol. The van der Waals surface area contributed by atoms with Crippen LogP contribution in [-0.4, -0.2) is 30.1 Å². The lowest BCUT2D eigenvalue weighted by Gasteiger charge is -1.57. The molecule has 0 atom stereocenters. The van der Waals surface area contributed by atoms with Gasteiger partial charge in [0.15, 0.2) is 12.1 Å². The molecule has 0 radical (unpaired) electrons.